The molecule has 6 heteroatoms. The van der Waals surface area contributed by atoms with Crippen molar-refractivity contribution in [2.45, 2.75) is 24.4 Å². The molecule has 13 heavy (non-hydrogen) atoms. The van der Waals surface area contributed by atoms with E-state index in [9.17, 15) is 9.59 Å². The lowest BCUT2D eigenvalue weighted by atomic mass is 10.1. The summed E-state index contributed by atoms with van der Waals surface area (Å²) < 4.78 is 5.28. The number of nitrogens with one attached hydrogen (secondary N) is 2. The van der Waals surface area contributed by atoms with Crippen LogP contribution in [0.25, 0.3) is 0 Å². The summed E-state index contributed by atoms with van der Waals surface area (Å²) in [4.78, 5) is 21.6. The van der Waals surface area contributed by atoms with E-state index in [2.05, 4.69) is 26.6 Å². The SMILES string of the molecule is CCOC1(C)NC(=O)NC(=O)C1Br. The molecule has 1 aliphatic rings. The van der Waals surface area contributed by atoms with Crippen LogP contribution in [0.3, 0.4) is 0 Å². The second-order valence-corrected chi connectivity index (χ2v) is 3.76. The van der Waals surface area contributed by atoms with Gasteiger partial charge in [-0.25, -0.2) is 4.79 Å². The Hall–Kier alpha value is -0.620. The fourth-order valence-electron chi connectivity index (χ4n) is 1.15. The number of urea groups is 1. The number of rotatable bonds is 2. The zero-order chi connectivity index (χ0) is 10.1. The summed E-state index contributed by atoms with van der Waals surface area (Å²) in [6.07, 6.45) is 0. The Bertz CT molecular complexity index is 246. The van der Waals surface area contributed by atoms with Gasteiger partial charge in [0.15, 0.2) is 5.72 Å². The highest BCUT2D eigenvalue weighted by Gasteiger charge is 2.44. The number of hydrogen-bond donors (Lipinski definition) is 2. The molecule has 3 amide bonds. The number of carbonyl (C=O) groups excluding carboxylic acids is 2. The summed E-state index contributed by atoms with van der Waals surface area (Å²) in [5.41, 5.74) is -0.964. The second kappa shape index (κ2) is 3.63. The van der Waals surface area contributed by atoms with Crippen LogP contribution in [0.15, 0.2) is 0 Å². The topological polar surface area (TPSA) is 67.4 Å². The first-order chi connectivity index (χ1) is 5.99. The Morgan fingerprint density at radius 1 is 1.62 bits per heavy atom. The molecule has 2 atom stereocenters. The quantitative estimate of drug-likeness (QED) is 0.695. The highest BCUT2D eigenvalue weighted by Crippen LogP contribution is 2.22. The first-order valence-corrected chi connectivity index (χ1v) is 4.82. The van der Waals surface area contributed by atoms with Gasteiger partial charge in [-0.15, -0.1) is 0 Å². The van der Waals surface area contributed by atoms with Crippen LogP contribution in [-0.4, -0.2) is 29.1 Å². The van der Waals surface area contributed by atoms with Crippen molar-refractivity contribution in [1.29, 1.82) is 0 Å². The minimum atomic E-state index is -0.964. The Morgan fingerprint density at radius 3 is 2.77 bits per heavy atom. The fourth-order valence-corrected chi connectivity index (χ4v) is 1.52. The number of carbonyl (C=O) groups is 2. The van der Waals surface area contributed by atoms with Crippen molar-refractivity contribution < 1.29 is 14.3 Å². The van der Waals surface area contributed by atoms with Gasteiger partial charge in [0.1, 0.15) is 4.83 Å². The van der Waals surface area contributed by atoms with E-state index in [1.54, 1.807) is 13.8 Å². The van der Waals surface area contributed by atoms with Crippen LogP contribution >= 0.6 is 15.9 Å². The summed E-state index contributed by atoms with van der Waals surface area (Å²) in [6, 6.07) is -0.531. The predicted molar refractivity (Wildman–Crippen MR) is 49.4 cm³/mol. The summed E-state index contributed by atoms with van der Waals surface area (Å²) >= 11 is 3.15. The van der Waals surface area contributed by atoms with E-state index in [-0.39, 0.29) is 5.91 Å². The van der Waals surface area contributed by atoms with Gasteiger partial charge in [0.25, 0.3) is 0 Å². The van der Waals surface area contributed by atoms with Crippen LogP contribution in [0.4, 0.5) is 4.79 Å². The van der Waals surface area contributed by atoms with Crippen molar-refractivity contribution in [3.8, 4) is 0 Å². The highest BCUT2D eigenvalue weighted by atomic mass is 79.9. The third-order valence-corrected chi connectivity index (χ3v) is 3.05. The molecule has 0 aromatic carbocycles. The van der Waals surface area contributed by atoms with Crippen molar-refractivity contribution in [1.82, 2.24) is 10.6 Å². The monoisotopic (exact) mass is 250 g/mol. The number of ether oxygens (including phenoxy) is 1. The van der Waals surface area contributed by atoms with Crippen molar-refractivity contribution in [3.63, 3.8) is 0 Å². The molecule has 0 spiro atoms. The Morgan fingerprint density at radius 2 is 2.23 bits per heavy atom. The molecule has 1 fully saturated rings. The lowest BCUT2D eigenvalue weighted by Crippen LogP contribution is -2.67. The van der Waals surface area contributed by atoms with Gasteiger partial charge in [-0.1, -0.05) is 15.9 Å². The zero-order valence-corrected chi connectivity index (χ0v) is 8.97. The molecule has 1 saturated heterocycles. The molecule has 0 aromatic rings. The van der Waals surface area contributed by atoms with Crippen LogP contribution in [0.1, 0.15) is 13.8 Å². The lowest BCUT2D eigenvalue weighted by molar-refractivity contribution is -0.129. The van der Waals surface area contributed by atoms with E-state index >= 15 is 0 Å². The van der Waals surface area contributed by atoms with Crippen molar-refractivity contribution in [2.24, 2.45) is 0 Å². The number of halogens is 1. The smallest absolute Gasteiger partial charge is 0.323 e. The molecule has 0 radical (unpaired) electrons. The molecular formula is C7H11BrN2O3. The molecule has 2 unspecified atom stereocenters. The fraction of sp³-hybridized carbons (Fsp3) is 0.714. The molecule has 0 aliphatic carbocycles. The van der Waals surface area contributed by atoms with Gasteiger partial charge in [-0.05, 0) is 13.8 Å². The number of hydrogen-bond acceptors (Lipinski definition) is 3. The maximum absolute atomic E-state index is 11.2. The Kier molecular flexibility index (Phi) is 2.92. The molecule has 74 valence electrons. The molecule has 2 N–H and O–H groups in total. The summed E-state index contributed by atoms with van der Waals surface area (Å²) in [5, 5.41) is 4.66. The van der Waals surface area contributed by atoms with E-state index in [1.165, 1.54) is 0 Å². The number of amides is 3. The second-order valence-electron chi connectivity index (χ2n) is 2.85. The summed E-state index contributed by atoms with van der Waals surface area (Å²) in [6.45, 7) is 3.86. The van der Waals surface area contributed by atoms with E-state index in [4.69, 9.17) is 4.74 Å². The van der Waals surface area contributed by atoms with Gasteiger partial charge >= 0.3 is 6.03 Å². The average molecular weight is 251 g/mol. The van der Waals surface area contributed by atoms with Gasteiger partial charge in [0, 0.05) is 6.61 Å². The van der Waals surface area contributed by atoms with E-state index in [0.717, 1.165) is 0 Å². The van der Waals surface area contributed by atoms with Gasteiger partial charge in [-0.3, -0.25) is 10.1 Å². The first kappa shape index (κ1) is 10.5. The molecule has 0 saturated carbocycles. The number of alkyl halides is 1. The van der Waals surface area contributed by atoms with Crippen molar-refractivity contribution >= 4 is 27.9 Å². The Balaban J connectivity index is 2.81. The van der Waals surface area contributed by atoms with Gasteiger partial charge in [-0.2, -0.15) is 0 Å². The van der Waals surface area contributed by atoms with Crippen LogP contribution < -0.4 is 10.6 Å². The molecule has 0 aromatic heterocycles. The van der Waals surface area contributed by atoms with Crippen LogP contribution in [-0.2, 0) is 9.53 Å². The zero-order valence-electron chi connectivity index (χ0n) is 7.39. The van der Waals surface area contributed by atoms with Crippen molar-refractivity contribution in [2.75, 3.05) is 6.61 Å². The van der Waals surface area contributed by atoms with Crippen LogP contribution in [0.2, 0.25) is 0 Å². The summed E-state index contributed by atoms with van der Waals surface area (Å²) in [5.74, 6) is -0.389. The van der Waals surface area contributed by atoms with E-state index in [0.29, 0.717) is 6.61 Å². The molecular weight excluding hydrogens is 240 g/mol. The molecule has 1 heterocycles. The first-order valence-electron chi connectivity index (χ1n) is 3.90. The van der Waals surface area contributed by atoms with Gasteiger partial charge in [0.2, 0.25) is 5.91 Å². The average Bonchev–Trinajstić information content (AvgIpc) is 2.00. The highest BCUT2D eigenvalue weighted by molar-refractivity contribution is 9.10. The van der Waals surface area contributed by atoms with Crippen LogP contribution in [0.5, 0.6) is 0 Å². The van der Waals surface area contributed by atoms with Gasteiger partial charge in [0.05, 0.1) is 0 Å². The molecule has 0 bridgehead atoms. The van der Waals surface area contributed by atoms with E-state index < -0.39 is 16.6 Å². The number of imide groups is 1. The third-order valence-electron chi connectivity index (χ3n) is 1.76. The molecule has 1 aliphatic heterocycles. The third kappa shape index (κ3) is 2.00. The lowest BCUT2D eigenvalue weighted by Gasteiger charge is -2.37. The van der Waals surface area contributed by atoms with Gasteiger partial charge < -0.3 is 10.1 Å². The Labute approximate surface area is 84.3 Å². The predicted octanol–water partition coefficient (Wildman–Crippen LogP) is 0.342. The van der Waals surface area contributed by atoms with Crippen LogP contribution in [0, 0.1) is 0 Å². The largest absolute Gasteiger partial charge is 0.355 e. The summed E-state index contributed by atoms with van der Waals surface area (Å²) in [7, 11) is 0. The standard InChI is InChI=1S/C7H11BrN2O3/c1-3-13-7(2)4(8)5(11)9-6(12)10-7/h4H,3H2,1-2H3,(H2,9,10,11,12). The van der Waals surface area contributed by atoms with Crippen molar-refractivity contribution in [3.05, 3.63) is 0 Å². The normalized spacial score (nSPS) is 33.9. The van der Waals surface area contributed by atoms with E-state index in [1.807, 2.05) is 0 Å². The molecule has 1 rings (SSSR count). The maximum atomic E-state index is 11.2. The maximum Gasteiger partial charge on any atom is 0.323 e. The minimum Gasteiger partial charge on any atom is -0.355 e. The minimum absolute atomic E-state index is 0.389. The molecule has 5 nitrogen and oxygen atoms in total.